The van der Waals surface area contributed by atoms with Crippen LogP contribution in [0.1, 0.15) is 33.5 Å². The van der Waals surface area contributed by atoms with Crippen LogP contribution in [0.15, 0.2) is 78.9 Å². The van der Waals surface area contributed by atoms with Crippen molar-refractivity contribution in [1.82, 2.24) is 9.80 Å². The van der Waals surface area contributed by atoms with E-state index in [9.17, 15) is 31.1 Å². The number of benzene rings is 3. The van der Waals surface area contributed by atoms with E-state index >= 15 is 0 Å². The van der Waals surface area contributed by atoms with Crippen molar-refractivity contribution in [2.45, 2.75) is 31.2 Å². The van der Waals surface area contributed by atoms with Gasteiger partial charge in [-0.15, -0.1) is 12.4 Å². The number of nitrogens with zero attached hydrogens (tertiary/aromatic N) is 2. The van der Waals surface area contributed by atoms with Crippen LogP contribution in [0.3, 0.4) is 0 Å². The SMILES string of the molecule is Cl.O=C(c1cc(C(F)(F)F)cc(C(F)(F)F)c1)N1CCN(CCCOc2ccccc2)C[C@H]1Cc1ccccc1. The van der Waals surface area contributed by atoms with Crippen molar-refractivity contribution in [1.29, 1.82) is 0 Å². The van der Waals surface area contributed by atoms with Crippen molar-refractivity contribution in [3.63, 3.8) is 0 Å². The Labute approximate surface area is 234 Å². The molecule has 0 saturated carbocycles. The molecule has 4 rings (SSSR count). The zero-order chi connectivity index (χ0) is 28.0. The fourth-order valence-electron chi connectivity index (χ4n) is 4.69. The molecule has 1 aliphatic heterocycles. The second-order valence-electron chi connectivity index (χ2n) is 9.45. The van der Waals surface area contributed by atoms with Gasteiger partial charge in [0.05, 0.1) is 17.7 Å². The van der Waals surface area contributed by atoms with Crippen molar-refractivity contribution in [3.05, 3.63) is 101 Å². The van der Waals surface area contributed by atoms with Crippen molar-refractivity contribution in [2.24, 2.45) is 0 Å². The summed E-state index contributed by atoms with van der Waals surface area (Å²) in [6.07, 6.45) is -8.93. The fraction of sp³-hybridized carbons (Fsp3) is 0.345. The van der Waals surface area contributed by atoms with Gasteiger partial charge in [0, 0.05) is 37.8 Å². The van der Waals surface area contributed by atoms with E-state index in [2.05, 4.69) is 4.90 Å². The lowest BCUT2D eigenvalue weighted by molar-refractivity contribution is -0.143. The molecule has 3 aromatic rings. The van der Waals surface area contributed by atoms with Crippen LogP contribution < -0.4 is 4.74 Å². The maximum Gasteiger partial charge on any atom is 0.416 e. The Hall–Kier alpha value is -3.24. The first-order valence-corrected chi connectivity index (χ1v) is 12.6. The number of hydrogen-bond donors (Lipinski definition) is 0. The van der Waals surface area contributed by atoms with Gasteiger partial charge < -0.3 is 9.64 Å². The van der Waals surface area contributed by atoms with Crippen LogP contribution in [0.2, 0.25) is 0 Å². The summed E-state index contributed by atoms with van der Waals surface area (Å²) in [5, 5.41) is 0. The van der Waals surface area contributed by atoms with E-state index in [0.29, 0.717) is 51.2 Å². The molecule has 1 amide bonds. The molecule has 0 aliphatic carbocycles. The molecule has 216 valence electrons. The number of alkyl halides is 6. The van der Waals surface area contributed by atoms with Gasteiger partial charge in [-0.25, -0.2) is 0 Å². The molecular formula is C29H29ClF6N2O2. The predicted octanol–water partition coefficient (Wildman–Crippen LogP) is 6.98. The van der Waals surface area contributed by atoms with Crippen LogP contribution in [-0.4, -0.2) is 54.5 Å². The number of ether oxygens (including phenoxy) is 1. The molecule has 3 aromatic carbocycles. The van der Waals surface area contributed by atoms with Gasteiger partial charge in [0.1, 0.15) is 5.75 Å². The largest absolute Gasteiger partial charge is 0.494 e. The highest BCUT2D eigenvalue weighted by molar-refractivity contribution is 5.95. The second kappa shape index (κ2) is 13.4. The lowest BCUT2D eigenvalue weighted by Gasteiger charge is -2.42. The van der Waals surface area contributed by atoms with Crippen molar-refractivity contribution >= 4 is 18.3 Å². The molecule has 11 heteroatoms. The van der Waals surface area contributed by atoms with Gasteiger partial charge in [-0.3, -0.25) is 9.69 Å². The minimum absolute atomic E-state index is 0. The van der Waals surface area contributed by atoms with Crippen molar-refractivity contribution in [3.8, 4) is 5.75 Å². The molecule has 0 bridgehead atoms. The highest BCUT2D eigenvalue weighted by Crippen LogP contribution is 2.37. The first-order valence-electron chi connectivity index (χ1n) is 12.6. The van der Waals surface area contributed by atoms with Crippen LogP contribution in [0, 0.1) is 0 Å². The Morgan fingerprint density at radius 1 is 0.825 bits per heavy atom. The van der Waals surface area contributed by atoms with Crippen LogP contribution in [0.5, 0.6) is 5.75 Å². The normalized spacial score (nSPS) is 16.4. The van der Waals surface area contributed by atoms with Gasteiger partial charge in [-0.05, 0) is 48.7 Å². The molecule has 0 N–H and O–H groups in total. The van der Waals surface area contributed by atoms with Gasteiger partial charge in [-0.1, -0.05) is 48.5 Å². The smallest absolute Gasteiger partial charge is 0.416 e. The molecule has 0 spiro atoms. The third-order valence-corrected chi connectivity index (χ3v) is 6.61. The number of hydrogen-bond acceptors (Lipinski definition) is 3. The summed E-state index contributed by atoms with van der Waals surface area (Å²) in [5.41, 5.74) is -2.72. The minimum atomic E-state index is -5.03. The van der Waals surface area contributed by atoms with Gasteiger partial charge in [0.2, 0.25) is 0 Å². The molecule has 0 radical (unpaired) electrons. The summed E-state index contributed by atoms with van der Waals surface area (Å²) in [6.45, 7) is 2.19. The van der Waals surface area contributed by atoms with Crippen LogP contribution in [0.25, 0.3) is 0 Å². The number of rotatable bonds is 8. The van der Waals surface area contributed by atoms with Crippen LogP contribution in [-0.2, 0) is 18.8 Å². The van der Waals surface area contributed by atoms with Gasteiger partial charge in [0.25, 0.3) is 5.91 Å². The Morgan fingerprint density at radius 3 is 1.98 bits per heavy atom. The fourth-order valence-corrected chi connectivity index (χ4v) is 4.69. The summed E-state index contributed by atoms with van der Waals surface area (Å²) < 4.78 is 86.2. The number of piperazine rings is 1. The summed E-state index contributed by atoms with van der Waals surface area (Å²) >= 11 is 0. The average molecular weight is 587 g/mol. The first kappa shape index (κ1) is 31.3. The number of carbonyl (C=O) groups is 1. The predicted molar refractivity (Wildman–Crippen MR) is 142 cm³/mol. The molecule has 1 aliphatic rings. The standard InChI is InChI=1S/C29H28F6N2O2.ClH/c30-28(31,32)23-17-22(18-24(19-23)29(33,34)35)27(38)37-14-13-36(12-7-15-39-26-10-5-2-6-11-26)20-25(37)16-21-8-3-1-4-9-21;/h1-6,8-11,17-19,25H,7,12-16,20H2;1H/t25-;/m1./s1. The van der Waals surface area contributed by atoms with E-state index < -0.39 is 41.0 Å². The molecule has 4 nitrogen and oxygen atoms in total. The number of carbonyl (C=O) groups excluding carboxylic acids is 1. The van der Waals surface area contributed by atoms with E-state index in [1.54, 1.807) is 0 Å². The van der Waals surface area contributed by atoms with Gasteiger partial charge in [-0.2, -0.15) is 26.3 Å². The van der Waals surface area contributed by atoms with E-state index in [1.807, 2.05) is 60.7 Å². The van der Waals surface area contributed by atoms with Crippen LogP contribution >= 0.6 is 12.4 Å². The maximum absolute atomic E-state index is 13.4. The first-order chi connectivity index (χ1) is 18.5. The molecule has 0 aromatic heterocycles. The molecule has 40 heavy (non-hydrogen) atoms. The molecule has 0 unspecified atom stereocenters. The molecular weight excluding hydrogens is 558 g/mol. The number of para-hydroxylation sites is 1. The second-order valence-corrected chi connectivity index (χ2v) is 9.45. The summed E-state index contributed by atoms with van der Waals surface area (Å²) in [6, 6.07) is 19.2. The zero-order valence-electron chi connectivity index (χ0n) is 21.4. The number of amides is 1. The lowest BCUT2D eigenvalue weighted by atomic mass is 9.99. The number of halogens is 7. The van der Waals surface area contributed by atoms with Crippen LogP contribution in [0.4, 0.5) is 26.3 Å². The third kappa shape index (κ3) is 8.38. The quantitative estimate of drug-likeness (QED) is 0.211. The lowest BCUT2D eigenvalue weighted by Crippen LogP contribution is -2.56. The Balaban J connectivity index is 0.00000441. The van der Waals surface area contributed by atoms with E-state index in [1.165, 1.54) is 4.90 Å². The Morgan fingerprint density at radius 2 is 1.40 bits per heavy atom. The van der Waals surface area contributed by atoms with E-state index in [0.717, 1.165) is 11.3 Å². The minimum Gasteiger partial charge on any atom is -0.494 e. The van der Waals surface area contributed by atoms with Gasteiger partial charge in [0.15, 0.2) is 0 Å². The molecule has 1 saturated heterocycles. The van der Waals surface area contributed by atoms with Crippen molar-refractivity contribution in [2.75, 3.05) is 32.8 Å². The highest BCUT2D eigenvalue weighted by Gasteiger charge is 2.39. The highest BCUT2D eigenvalue weighted by atomic mass is 35.5. The third-order valence-electron chi connectivity index (χ3n) is 6.61. The maximum atomic E-state index is 13.4. The van der Waals surface area contributed by atoms with E-state index in [4.69, 9.17) is 4.74 Å². The zero-order valence-corrected chi connectivity index (χ0v) is 22.2. The topological polar surface area (TPSA) is 32.8 Å². The molecule has 1 atom stereocenters. The van der Waals surface area contributed by atoms with E-state index in [-0.39, 0.29) is 25.0 Å². The summed E-state index contributed by atoms with van der Waals surface area (Å²) in [4.78, 5) is 17.0. The average Bonchev–Trinajstić information content (AvgIpc) is 2.91. The van der Waals surface area contributed by atoms with Crippen molar-refractivity contribution < 1.29 is 35.9 Å². The summed E-state index contributed by atoms with van der Waals surface area (Å²) in [7, 11) is 0. The Bertz CT molecular complexity index is 1210. The molecule has 1 heterocycles. The monoisotopic (exact) mass is 586 g/mol. The molecule has 1 fully saturated rings. The Kier molecular flexibility index (Phi) is 10.5. The van der Waals surface area contributed by atoms with Gasteiger partial charge >= 0.3 is 12.4 Å². The summed E-state index contributed by atoms with van der Waals surface area (Å²) in [5.74, 6) is -0.0891.